The lowest BCUT2D eigenvalue weighted by molar-refractivity contribution is 0.679. The van der Waals surface area contributed by atoms with E-state index in [4.69, 9.17) is 17.3 Å². The van der Waals surface area contributed by atoms with E-state index in [0.717, 1.165) is 32.7 Å². The standard InChI is InChI=1S/C17H18ClN3/c1-11-7-8-12(18)9-14(11)15(19)10-16-13-5-3-4-6-17(13)21(2)20-16/h3-9,15H,10,19H2,1-2H3. The Kier molecular flexibility index (Phi) is 3.70. The molecule has 0 amide bonds. The Labute approximate surface area is 129 Å². The summed E-state index contributed by atoms with van der Waals surface area (Å²) in [7, 11) is 1.96. The minimum atomic E-state index is -0.109. The minimum absolute atomic E-state index is 0.109. The Morgan fingerprint density at radius 3 is 2.81 bits per heavy atom. The van der Waals surface area contributed by atoms with Crippen LogP contribution >= 0.6 is 11.6 Å². The van der Waals surface area contributed by atoms with Crippen molar-refractivity contribution in [1.82, 2.24) is 9.78 Å². The quantitative estimate of drug-likeness (QED) is 0.800. The summed E-state index contributed by atoms with van der Waals surface area (Å²) < 4.78 is 1.90. The summed E-state index contributed by atoms with van der Waals surface area (Å²) in [6.07, 6.45) is 0.697. The van der Waals surface area contributed by atoms with E-state index in [1.807, 2.05) is 42.1 Å². The van der Waals surface area contributed by atoms with Crippen molar-refractivity contribution >= 4 is 22.5 Å². The summed E-state index contributed by atoms with van der Waals surface area (Å²) in [5.41, 5.74) is 10.8. The molecule has 3 nitrogen and oxygen atoms in total. The molecule has 0 saturated carbocycles. The molecule has 0 fully saturated rings. The first-order chi connectivity index (χ1) is 10.1. The molecule has 0 radical (unpaired) electrons. The summed E-state index contributed by atoms with van der Waals surface area (Å²) in [5.74, 6) is 0. The van der Waals surface area contributed by atoms with Gasteiger partial charge in [0.15, 0.2) is 0 Å². The Morgan fingerprint density at radius 1 is 1.24 bits per heavy atom. The van der Waals surface area contributed by atoms with Crippen LogP contribution in [0.3, 0.4) is 0 Å². The first-order valence-corrected chi connectivity index (χ1v) is 7.36. The summed E-state index contributed by atoms with van der Waals surface area (Å²) in [5, 5.41) is 6.49. The number of halogens is 1. The molecular weight excluding hydrogens is 282 g/mol. The predicted octanol–water partition coefficient (Wildman–Crippen LogP) is 3.78. The number of nitrogens with zero attached hydrogens (tertiary/aromatic N) is 2. The highest BCUT2D eigenvalue weighted by atomic mass is 35.5. The molecule has 21 heavy (non-hydrogen) atoms. The molecule has 1 aromatic heterocycles. The van der Waals surface area contributed by atoms with Crippen LogP contribution in [0, 0.1) is 6.92 Å². The van der Waals surface area contributed by atoms with Gasteiger partial charge in [0, 0.05) is 29.9 Å². The maximum atomic E-state index is 6.39. The van der Waals surface area contributed by atoms with Gasteiger partial charge in [-0.15, -0.1) is 0 Å². The molecule has 1 unspecified atom stereocenters. The number of benzene rings is 2. The maximum absolute atomic E-state index is 6.39. The number of rotatable bonds is 3. The third kappa shape index (κ3) is 2.67. The van der Waals surface area contributed by atoms with Gasteiger partial charge in [0.25, 0.3) is 0 Å². The fourth-order valence-corrected chi connectivity index (χ4v) is 2.95. The molecule has 3 rings (SSSR count). The SMILES string of the molecule is Cc1ccc(Cl)cc1C(N)Cc1nn(C)c2ccccc12. The van der Waals surface area contributed by atoms with Gasteiger partial charge in [-0.05, 0) is 36.2 Å². The third-order valence-electron chi connectivity index (χ3n) is 3.89. The molecule has 3 aromatic rings. The zero-order valence-electron chi connectivity index (χ0n) is 12.2. The van der Waals surface area contributed by atoms with Crippen molar-refractivity contribution in [3.63, 3.8) is 0 Å². The van der Waals surface area contributed by atoms with E-state index in [0.29, 0.717) is 6.42 Å². The molecule has 2 aromatic carbocycles. The Bertz CT molecular complexity index is 792. The number of hydrogen-bond acceptors (Lipinski definition) is 2. The van der Waals surface area contributed by atoms with Crippen molar-refractivity contribution in [2.75, 3.05) is 0 Å². The molecule has 1 heterocycles. The van der Waals surface area contributed by atoms with E-state index in [1.165, 1.54) is 0 Å². The minimum Gasteiger partial charge on any atom is -0.324 e. The van der Waals surface area contributed by atoms with Crippen molar-refractivity contribution in [3.8, 4) is 0 Å². The van der Waals surface area contributed by atoms with Crippen LogP contribution in [0.4, 0.5) is 0 Å². The fourth-order valence-electron chi connectivity index (χ4n) is 2.77. The molecule has 1 atom stereocenters. The average molecular weight is 300 g/mol. The molecule has 0 saturated heterocycles. The molecule has 0 aliphatic rings. The second kappa shape index (κ2) is 5.51. The summed E-state index contributed by atoms with van der Waals surface area (Å²) >= 11 is 6.09. The smallest absolute Gasteiger partial charge is 0.0722 e. The van der Waals surface area contributed by atoms with Gasteiger partial charge in [0.2, 0.25) is 0 Å². The molecule has 108 valence electrons. The average Bonchev–Trinajstić information content (AvgIpc) is 2.78. The number of hydrogen-bond donors (Lipinski definition) is 1. The third-order valence-corrected chi connectivity index (χ3v) is 4.12. The van der Waals surface area contributed by atoms with E-state index < -0.39 is 0 Å². The topological polar surface area (TPSA) is 43.8 Å². The largest absolute Gasteiger partial charge is 0.324 e. The predicted molar refractivity (Wildman–Crippen MR) is 87.5 cm³/mol. The monoisotopic (exact) mass is 299 g/mol. The van der Waals surface area contributed by atoms with Crippen LogP contribution in [-0.2, 0) is 13.5 Å². The van der Waals surface area contributed by atoms with Gasteiger partial charge in [-0.3, -0.25) is 4.68 Å². The van der Waals surface area contributed by atoms with Crippen LogP contribution in [0.5, 0.6) is 0 Å². The summed E-state index contributed by atoms with van der Waals surface area (Å²) in [6.45, 7) is 2.06. The molecule has 0 bridgehead atoms. The molecule has 4 heteroatoms. The van der Waals surface area contributed by atoms with Crippen LogP contribution in [-0.4, -0.2) is 9.78 Å². The number of nitrogens with two attached hydrogens (primary N) is 1. The highest BCUT2D eigenvalue weighted by Crippen LogP contribution is 2.26. The van der Waals surface area contributed by atoms with Gasteiger partial charge in [-0.25, -0.2) is 0 Å². The van der Waals surface area contributed by atoms with Gasteiger partial charge >= 0.3 is 0 Å². The van der Waals surface area contributed by atoms with Crippen molar-refractivity contribution in [3.05, 3.63) is 64.3 Å². The van der Waals surface area contributed by atoms with Crippen LogP contribution in [0.25, 0.3) is 10.9 Å². The van der Waals surface area contributed by atoms with Crippen LogP contribution in [0.2, 0.25) is 5.02 Å². The number of para-hydroxylation sites is 1. The zero-order chi connectivity index (χ0) is 15.0. The summed E-state index contributed by atoms with van der Waals surface area (Å²) in [6, 6.07) is 14.0. The number of fused-ring (bicyclic) bond motifs is 1. The van der Waals surface area contributed by atoms with Crippen LogP contribution in [0.1, 0.15) is 22.9 Å². The lowest BCUT2D eigenvalue weighted by Crippen LogP contribution is -2.15. The van der Waals surface area contributed by atoms with Crippen LogP contribution in [0.15, 0.2) is 42.5 Å². The number of aryl methyl sites for hydroxylation is 2. The second-order valence-electron chi connectivity index (χ2n) is 5.40. The molecule has 0 spiro atoms. The van der Waals surface area contributed by atoms with Crippen molar-refractivity contribution in [2.45, 2.75) is 19.4 Å². The van der Waals surface area contributed by atoms with E-state index in [1.54, 1.807) is 0 Å². The van der Waals surface area contributed by atoms with Crippen LogP contribution < -0.4 is 5.73 Å². The van der Waals surface area contributed by atoms with Crippen molar-refractivity contribution in [2.24, 2.45) is 12.8 Å². The maximum Gasteiger partial charge on any atom is 0.0722 e. The van der Waals surface area contributed by atoms with Crippen molar-refractivity contribution in [1.29, 1.82) is 0 Å². The molecular formula is C17H18ClN3. The highest BCUT2D eigenvalue weighted by Gasteiger charge is 2.15. The number of aromatic nitrogens is 2. The Morgan fingerprint density at radius 2 is 2.00 bits per heavy atom. The van der Waals surface area contributed by atoms with Gasteiger partial charge in [-0.1, -0.05) is 35.9 Å². The van der Waals surface area contributed by atoms with Gasteiger partial charge in [0.05, 0.1) is 11.2 Å². The summed E-state index contributed by atoms with van der Waals surface area (Å²) in [4.78, 5) is 0. The lowest BCUT2D eigenvalue weighted by atomic mass is 9.97. The first kappa shape index (κ1) is 14.1. The van der Waals surface area contributed by atoms with E-state index in [-0.39, 0.29) is 6.04 Å². The van der Waals surface area contributed by atoms with Gasteiger partial charge in [0.1, 0.15) is 0 Å². The Balaban J connectivity index is 1.96. The second-order valence-corrected chi connectivity index (χ2v) is 5.84. The fraction of sp³-hybridized carbons (Fsp3) is 0.235. The van der Waals surface area contributed by atoms with E-state index in [9.17, 15) is 0 Å². The van der Waals surface area contributed by atoms with Gasteiger partial charge < -0.3 is 5.73 Å². The first-order valence-electron chi connectivity index (χ1n) is 6.98. The lowest BCUT2D eigenvalue weighted by Gasteiger charge is -2.14. The molecule has 2 N–H and O–H groups in total. The molecule has 0 aliphatic heterocycles. The van der Waals surface area contributed by atoms with Crippen molar-refractivity contribution < 1.29 is 0 Å². The van der Waals surface area contributed by atoms with E-state index in [2.05, 4.69) is 24.2 Å². The molecule has 0 aliphatic carbocycles. The highest BCUT2D eigenvalue weighted by molar-refractivity contribution is 6.30. The van der Waals surface area contributed by atoms with Gasteiger partial charge in [-0.2, -0.15) is 5.10 Å². The Hall–Kier alpha value is -1.84. The normalized spacial score (nSPS) is 12.8. The zero-order valence-corrected chi connectivity index (χ0v) is 12.9. The van der Waals surface area contributed by atoms with E-state index >= 15 is 0 Å².